The minimum atomic E-state index is -3.46. The van der Waals surface area contributed by atoms with Gasteiger partial charge in [-0.25, -0.2) is 13.2 Å². The topological polar surface area (TPSA) is 110 Å². The highest BCUT2D eigenvalue weighted by Gasteiger charge is 2.42. The van der Waals surface area contributed by atoms with Crippen LogP contribution in [-0.2, 0) is 19.4 Å². The van der Waals surface area contributed by atoms with Gasteiger partial charge in [-0.3, -0.25) is 4.79 Å². The number of hydrogen-bond acceptors (Lipinski definition) is 5. The molecule has 8 heteroatoms. The Labute approximate surface area is 140 Å². The summed E-state index contributed by atoms with van der Waals surface area (Å²) in [5, 5.41) is 12.0. The molecular weight excluding hydrogens is 334 g/mol. The van der Waals surface area contributed by atoms with Crippen LogP contribution in [0.3, 0.4) is 0 Å². The molecule has 24 heavy (non-hydrogen) atoms. The van der Waals surface area contributed by atoms with Crippen LogP contribution in [0.4, 0.5) is 0 Å². The molecule has 0 aromatic heterocycles. The molecule has 0 heterocycles. The molecule has 0 aliphatic heterocycles. The Morgan fingerprint density at radius 2 is 1.79 bits per heavy atom. The molecule has 2 rings (SSSR count). The van der Waals surface area contributed by atoms with Crippen molar-refractivity contribution >= 4 is 21.7 Å². The van der Waals surface area contributed by atoms with Crippen LogP contribution in [0.5, 0.6) is 0 Å². The second-order valence-corrected chi connectivity index (χ2v) is 7.99. The summed E-state index contributed by atoms with van der Waals surface area (Å²) in [5.74, 6) is -1.69. The maximum atomic E-state index is 12.3. The van der Waals surface area contributed by atoms with Crippen molar-refractivity contribution in [1.29, 1.82) is 0 Å². The zero-order valence-electron chi connectivity index (χ0n) is 13.4. The number of carbonyl (C=O) groups is 2. The molecule has 1 aromatic carbocycles. The van der Waals surface area contributed by atoms with E-state index in [0.29, 0.717) is 12.8 Å². The van der Waals surface area contributed by atoms with Crippen LogP contribution in [0.2, 0.25) is 0 Å². The lowest BCUT2D eigenvalue weighted by atomic mass is 9.97. The lowest BCUT2D eigenvalue weighted by molar-refractivity contribution is -0.144. The van der Waals surface area contributed by atoms with E-state index < -0.39 is 27.3 Å². The van der Waals surface area contributed by atoms with Crippen LogP contribution in [0.25, 0.3) is 0 Å². The second kappa shape index (κ2) is 7.31. The summed E-state index contributed by atoms with van der Waals surface area (Å²) in [6.07, 6.45) is 2.31. The van der Waals surface area contributed by atoms with Crippen molar-refractivity contribution in [2.24, 2.45) is 0 Å². The predicted octanol–water partition coefficient (Wildman–Crippen LogP) is 1.23. The van der Waals surface area contributed by atoms with Gasteiger partial charge in [0.2, 0.25) is 0 Å². The first kappa shape index (κ1) is 18.4. The third-order valence-electron chi connectivity index (χ3n) is 4.25. The van der Waals surface area contributed by atoms with Gasteiger partial charge in [0, 0.05) is 12.7 Å². The molecule has 132 valence electrons. The number of sulfone groups is 1. The van der Waals surface area contributed by atoms with Crippen molar-refractivity contribution in [1.82, 2.24) is 5.32 Å². The van der Waals surface area contributed by atoms with Crippen molar-refractivity contribution in [3.8, 4) is 0 Å². The first-order chi connectivity index (χ1) is 11.3. The Morgan fingerprint density at radius 3 is 2.29 bits per heavy atom. The molecular formula is C16H21NO6S. The van der Waals surface area contributed by atoms with Crippen LogP contribution in [0.15, 0.2) is 29.2 Å². The van der Waals surface area contributed by atoms with Crippen LogP contribution < -0.4 is 5.32 Å². The van der Waals surface area contributed by atoms with Gasteiger partial charge in [0.15, 0.2) is 9.84 Å². The highest BCUT2D eigenvalue weighted by atomic mass is 32.2. The second-order valence-electron chi connectivity index (χ2n) is 5.88. The number of methoxy groups -OCH3 is 1. The van der Waals surface area contributed by atoms with E-state index in [9.17, 15) is 23.1 Å². The van der Waals surface area contributed by atoms with E-state index in [1.165, 1.54) is 31.4 Å². The monoisotopic (exact) mass is 355 g/mol. The number of hydrogen-bond donors (Lipinski definition) is 2. The maximum absolute atomic E-state index is 12.3. The summed E-state index contributed by atoms with van der Waals surface area (Å²) in [5.41, 5.74) is -0.992. The van der Waals surface area contributed by atoms with Crippen LogP contribution in [0.1, 0.15) is 36.0 Å². The SMILES string of the molecule is COCCS(=O)(=O)c1ccc(C(=O)NC2(C(=O)O)CCCC2)cc1. The number of rotatable bonds is 7. The Hall–Kier alpha value is -1.93. The van der Waals surface area contributed by atoms with Crippen molar-refractivity contribution < 1.29 is 27.9 Å². The number of aliphatic carboxylic acids is 1. The van der Waals surface area contributed by atoms with Gasteiger partial charge >= 0.3 is 5.97 Å². The highest BCUT2D eigenvalue weighted by Crippen LogP contribution is 2.30. The lowest BCUT2D eigenvalue weighted by Crippen LogP contribution is -2.52. The molecule has 0 radical (unpaired) electrons. The van der Waals surface area contributed by atoms with Crippen molar-refractivity contribution in [2.75, 3.05) is 19.5 Å². The predicted molar refractivity (Wildman–Crippen MR) is 86.7 cm³/mol. The van der Waals surface area contributed by atoms with Gasteiger partial charge in [0.25, 0.3) is 5.91 Å². The third kappa shape index (κ3) is 3.93. The van der Waals surface area contributed by atoms with Gasteiger partial charge in [0.05, 0.1) is 17.3 Å². The first-order valence-corrected chi connectivity index (χ1v) is 9.34. The molecule has 1 aromatic rings. The number of carboxylic acids is 1. The highest BCUT2D eigenvalue weighted by molar-refractivity contribution is 7.91. The summed E-state index contributed by atoms with van der Waals surface area (Å²) >= 11 is 0. The minimum Gasteiger partial charge on any atom is -0.480 e. The molecule has 1 aliphatic rings. The lowest BCUT2D eigenvalue weighted by Gasteiger charge is -2.25. The standard InChI is InChI=1S/C16H21NO6S/c1-23-10-11-24(21,22)13-6-4-12(5-7-13)14(18)17-16(15(19)20)8-2-3-9-16/h4-7H,2-3,8-11H2,1H3,(H,17,18)(H,19,20). The van der Waals surface area contributed by atoms with E-state index >= 15 is 0 Å². The molecule has 0 saturated heterocycles. The average Bonchev–Trinajstić information content (AvgIpc) is 3.03. The van der Waals surface area contributed by atoms with E-state index in [0.717, 1.165) is 12.8 Å². The average molecular weight is 355 g/mol. The minimum absolute atomic E-state index is 0.0890. The molecule has 0 bridgehead atoms. The fraction of sp³-hybridized carbons (Fsp3) is 0.500. The van der Waals surface area contributed by atoms with Crippen LogP contribution in [0, 0.1) is 0 Å². The van der Waals surface area contributed by atoms with Crippen LogP contribution in [-0.4, -0.2) is 50.4 Å². The fourth-order valence-electron chi connectivity index (χ4n) is 2.78. The number of carboxylic acid groups (broad SMARTS) is 1. The normalized spacial score (nSPS) is 16.7. The Kier molecular flexibility index (Phi) is 5.61. The van der Waals surface area contributed by atoms with E-state index in [4.69, 9.17) is 4.74 Å². The summed E-state index contributed by atoms with van der Waals surface area (Å²) in [6.45, 7) is 0.0890. The quantitative estimate of drug-likeness (QED) is 0.761. The molecule has 2 N–H and O–H groups in total. The largest absolute Gasteiger partial charge is 0.480 e. The van der Waals surface area contributed by atoms with E-state index in [-0.39, 0.29) is 22.8 Å². The van der Waals surface area contributed by atoms with Gasteiger partial charge in [-0.05, 0) is 37.1 Å². The van der Waals surface area contributed by atoms with Crippen molar-refractivity contribution in [2.45, 2.75) is 36.1 Å². The number of nitrogens with one attached hydrogen (secondary N) is 1. The van der Waals surface area contributed by atoms with Gasteiger partial charge in [0.1, 0.15) is 5.54 Å². The molecule has 1 fully saturated rings. The van der Waals surface area contributed by atoms with Crippen LogP contribution >= 0.6 is 0 Å². The summed E-state index contributed by atoms with van der Waals surface area (Å²) in [6, 6.07) is 5.48. The third-order valence-corrected chi connectivity index (χ3v) is 5.95. The zero-order valence-corrected chi connectivity index (χ0v) is 14.3. The molecule has 0 atom stereocenters. The maximum Gasteiger partial charge on any atom is 0.329 e. The number of carbonyl (C=O) groups excluding carboxylic acids is 1. The van der Waals surface area contributed by atoms with Crippen molar-refractivity contribution in [3.05, 3.63) is 29.8 Å². The van der Waals surface area contributed by atoms with E-state index in [1.807, 2.05) is 0 Å². The Balaban J connectivity index is 2.13. The van der Waals surface area contributed by atoms with Crippen molar-refractivity contribution in [3.63, 3.8) is 0 Å². The molecule has 1 amide bonds. The molecule has 0 spiro atoms. The number of benzene rings is 1. The fourth-order valence-corrected chi connectivity index (χ4v) is 3.96. The number of ether oxygens (including phenoxy) is 1. The molecule has 1 saturated carbocycles. The van der Waals surface area contributed by atoms with Gasteiger partial charge in [-0.15, -0.1) is 0 Å². The number of amides is 1. The summed E-state index contributed by atoms with van der Waals surface area (Å²) in [4.78, 5) is 23.9. The molecule has 0 unspecified atom stereocenters. The van der Waals surface area contributed by atoms with Gasteiger partial charge in [-0.2, -0.15) is 0 Å². The molecule has 1 aliphatic carbocycles. The first-order valence-electron chi connectivity index (χ1n) is 7.68. The Bertz CT molecular complexity index is 705. The smallest absolute Gasteiger partial charge is 0.329 e. The van der Waals surface area contributed by atoms with Gasteiger partial charge < -0.3 is 15.2 Å². The van der Waals surface area contributed by atoms with E-state index in [1.54, 1.807) is 0 Å². The van der Waals surface area contributed by atoms with E-state index in [2.05, 4.69) is 5.32 Å². The Morgan fingerprint density at radius 1 is 1.21 bits per heavy atom. The van der Waals surface area contributed by atoms with Gasteiger partial charge in [-0.1, -0.05) is 12.8 Å². The summed E-state index contributed by atoms with van der Waals surface area (Å²) in [7, 11) is -2.04. The summed E-state index contributed by atoms with van der Waals surface area (Å²) < 4.78 is 28.8. The molecule has 7 nitrogen and oxygen atoms in total. The zero-order chi connectivity index (χ0) is 17.8.